The lowest BCUT2D eigenvalue weighted by atomic mass is 9.94. The van der Waals surface area contributed by atoms with Crippen molar-refractivity contribution in [2.75, 3.05) is 0 Å². The van der Waals surface area contributed by atoms with Crippen LogP contribution in [0.5, 0.6) is 0 Å². The molecule has 0 saturated heterocycles. The quantitative estimate of drug-likeness (QED) is 0.842. The van der Waals surface area contributed by atoms with Gasteiger partial charge in [-0.15, -0.1) is 0 Å². The zero-order valence-corrected chi connectivity index (χ0v) is 15.3. The molecule has 1 atom stereocenters. The summed E-state index contributed by atoms with van der Waals surface area (Å²) in [6.45, 7) is 12.9. The molecule has 0 aliphatic heterocycles. The monoisotopic (exact) mass is 331 g/mol. The molecule has 0 aromatic carbocycles. The van der Waals surface area contributed by atoms with Crippen molar-refractivity contribution >= 4 is 18.2 Å². The fraction of sp³-hybridized carbons (Fsp3) is 0.812. The van der Waals surface area contributed by atoms with Crippen LogP contribution in [0.1, 0.15) is 68.2 Å². The molecule has 0 aliphatic rings. The van der Waals surface area contributed by atoms with Crippen LogP contribution >= 0.6 is 0 Å². The SMILES string of the molecule is CCC[C@@](C)(C(=O)O)N(C(=O)OC(C)(C)C)C(=O)OC(C)(C)C. The maximum Gasteiger partial charge on any atom is 0.420 e. The summed E-state index contributed by atoms with van der Waals surface area (Å²) >= 11 is 0. The van der Waals surface area contributed by atoms with E-state index in [1.165, 1.54) is 6.92 Å². The maximum absolute atomic E-state index is 12.5. The Hall–Kier alpha value is -1.79. The fourth-order valence-electron chi connectivity index (χ4n) is 1.89. The molecule has 7 heteroatoms. The van der Waals surface area contributed by atoms with E-state index in [1.54, 1.807) is 48.5 Å². The molecule has 0 aliphatic carbocycles. The van der Waals surface area contributed by atoms with E-state index in [-0.39, 0.29) is 6.42 Å². The van der Waals surface area contributed by atoms with Gasteiger partial charge in [-0.05, 0) is 54.9 Å². The predicted octanol–water partition coefficient (Wildman–Crippen LogP) is 3.80. The van der Waals surface area contributed by atoms with Gasteiger partial charge in [0, 0.05) is 0 Å². The average molecular weight is 331 g/mol. The van der Waals surface area contributed by atoms with Crippen molar-refractivity contribution in [2.24, 2.45) is 0 Å². The molecule has 2 amide bonds. The predicted molar refractivity (Wildman–Crippen MR) is 85.3 cm³/mol. The minimum absolute atomic E-state index is 0.0841. The highest BCUT2D eigenvalue weighted by atomic mass is 16.6. The number of rotatable bonds is 4. The smallest absolute Gasteiger partial charge is 0.420 e. The van der Waals surface area contributed by atoms with Crippen LogP contribution in [0.3, 0.4) is 0 Å². The molecular weight excluding hydrogens is 302 g/mol. The van der Waals surface area contributed by atoms with E-state index in [9.17, 15) is 19.5 Å². The van der Waals surface area contributed by atoms with Crippen LogP contribution in [0.15, 0.2) is 0 Å². The first-order valence-corrected chi connectivity index (χ1v) is 7.63. The van der Waals surface area contributed by atoms with Crippen molar-refractivity contribution in [3.05, 3.63) is 0 Å². The van der Waals surface area contributed by atoms with E-state index < -0.39 is 34.9 Å². The maximum atomic E-state index is 12.5. The highest BCUT2D eigenvalue weighted by Gasteiger charge is 2.49. The van der Waals surface area contributed by atoms with Crippen molar-refractivity contribution in [2.45, 2.75) is 85.0 Å². The molecule has 0 aromatic heterocycles. The highest BCUT2D eigenvalue weighted by molar-refractivity contribution is 5.95. The number of ether oxygens (including phenoxy) is 2. The fourth-order valence-corrected chi connectivity index (χ4v) is 1.89. The van der Waals surface area contributed by atoms with Gasteiger partial charge in [0.05, 0.1) is 0 Å². The van der Waals surface area contributed by atoms with E-state index in [1.807, 2.05) is 0 Å². The van der Waals surface area contributed by atoms with Crippen LogP contribution in [-0.4, -0.2) is 44.9 Å². The van der Waals surface area contributed by atoms with Gasteiger partial charge in [-0.25, -0.2) is 14.4 Å². The molecule has 7 nitrogen and oxygen atoms in total. The molecule has 0 heterocycles. The van der Waals surface area contributed by atoms with Crippen LogP contribution < -0.4 is 0 Å². The van der Waals surface area contributed by atoms with E-state index >= 15 is 0 Å². The second-order valence-electron chi connectivity index (χ2n) is 7.63. The third-order valence-corrected chi connectivity index (χ3v) is 2.84. The lowest BCUT2D eigenvalue weighted by molar-refractivity contribution is -0.150. The van der Waals surface area contributed by atoms with Crippen LogP contribution in [0, 0.1) is 0 Å². The van der Waals surface area contributed by atoms with Crippen LogP contribution in [0.25, 0.3) is 0 Å². The molecule has 0 rings (SSSR count). The topological polar surface area (TPSA) is 93.1 Å². The zero-order valence-electron chi connectivity index (χ0n) is 15.3. The van der Waals surface area contributed by atoms with Crippen molar-refractivity contribution in [3.63, 3.8) is 0 Å². The molecule has 0 aromatic rings. The first-order chi connectivity index (χ1) is 10.1. The number of carbonyl (C=O) groups is 3. The van der Waals surface area contributed by atoms with Gasteiger partial charge < -0.3 is 14.6 Å². The highest BCUT2D eigenvalue weighted by Crippen LogP contribution is 2.27. The summed E-state index contributed by atoms with van der Waals surface area (Å²) in [5.74, 6) is -1.30. The van der Waals surface area contributed by atoms with Crippen LogP contribution in [0.4, 0.5) is 9.59 Å². The summed E-state index contributed by atoms with van der Waals surface area (Å²) in [4.78, 5) is 37.2. The number of carboxylic acids is 1. The van der Waals surface area contributed by atoms with Crippen molar-refractivity contribution < 1.29 is 29.0 Å². The number of nitrogens with zero attached hydrogens (tertiary/aromatic N) is 1. The van der Waals surface area contributed by atoms with Crippen molar-refractivity contribution in [1.29, 1.82) is 0 Å². The molecule has 23 heavy (non-hydrogen) atoms. The minimum Gasteiger partial charge on any atom is -0.479 e. The van der Waals surface area contributed by atoms with Gasteiger partial charge in [-0.3, -0.25) is 0 Å². The Bertz CT molecular complexity index is 432. The summed E-state index contributed by atoms with van der Waals surface area (Å²) in [5, 5.41) is 9.57. The van der Waals surface area contributed by atoms with Gasteiger partial charge in [0.15, 0.2) is 5.54 Å². The Balaban J connectivity index is 5.83. The molecule has 0 unspecified atom stereocenters. The van der Waals surface area contributed by atoms with Crippen LogP contribution in [-0.2, 0) is 14.3 Å². The van der Waals surface area contributed by atoms with Gasteiger partial charge in [0.1, 0.15) is 11.2 Å². The standard InChI is InChI=1S/C16H29NO6/c1-9-10-16(8,11(18)19)17(12(20)22-14(2,3)4)13(21)23-15(5,6)7/h9-10H2,1-8H3,(H,18,19)/t16-/m0/s1. The Labute approximate surface area is 137 Å². The van der Waals surface area contributed by atoms with Crippen molar-refractivity contribution in [1.82, 2.24) is 4.90 Å². The minimum atomic E-state index is -1.75. The lowest BCUT2D eigenvalue weighted by Gasteiger charge is -2.37. The second-order valence-corrected chi connectivity index (χ2v) is 7.63. The molecule has 0 radical (unpaired) electrons. The number of hydrogen-bond acceptors (Lipinski definition) is 5. The molecule has 1 N–H and O–H groups in total. The van der Waals surface area contributed by atoms with Gasteiger partial charge in [-0.1, -0.05) is 13.3 Å². The first kappa shape index (κ1) is 21.2. The van der Waals surface area contributed by atoms with E-state index in [2.05, 4.69) is 0 Å². The zero-order chi connectivity index (χ0) is 18.6. The number of carbonyl (C=O) groups excluding carboxylic acids is 2. The number of imide groups is 1. The summed E-state index contributed by atoms with van der Waals surface area (Å²) < 4.78 is 10.4. The largest absolute Gasteiger partial charge is 0.479 e. The Kier molecular flexibility index (Phi) is 6.63. The lowest BCUT2D eigenvalue weighted by Crippen LogP contribution is -2.59. The average Bonchev–Trinajstić information content (AvgIpc) is 2.23. The number of amides is 2. The number of carboxylic acid groups (broad SMARTS) is 1. The Morgan fingerprint density at radius 2 is 1.22 bits per heavy atom. The molecule has 134 valence electrons. The number of hydrogen-bond donors (Lipinski definition) is 1. The van der Waals surface area contributed by atoms with E-state index in [4.69, 9.17) is 9.47 Å². The normalized spacial score (nSPS) is 14.6. The molecule has 0 saturated carbocycles. The van der Waals surface area contributed by atoms with Crippen LogP contribution in [0.2, 0.25) is 0 Å². The summed E-state index contributed by atoms with van der Waals surface area (Å²) in [6, 6.07) is 0. The number of aliphatic carboxylic acids is 1. The third kappa shape index (κ3) is 6.46. The second kappa shape index (κ2) is 7.19. The molecule has 0 fully saturated rings. The summed E-state index contributed by atoms with van der Waals surface area (Å²) in [7, 11) is 0. The van der Waals surface area contributed by atoms with E-state index in [0.717, 1.165) is 0 Å². The first-order valence-electron chi connectivity index (χ1n) is 7.63. The van der Waals surface area contributed by atoms with Gasteiger partial charge in [0.2, 0.25) is 0 Å². The van der Waals surface area contributed by atoms with Gasteiger partial charge >= 0.3 is 18.2 Å². The molecular formula is C16H29NO6. The molecule has 0 bridgehead atoms. The van der Waals surface area contributed by atoms with Gasteiger partial charge in [-0.2, -0.15) is 4.90 Å². The molecule has 0 spiro atoms. The summed E-state index contributed by atoms with van der Waals surface area (Å²) in [6.07, 6.45) is -1.53. The van der Waals surface area contributed by atoms with Crippen molar-refractivity contribution in [3.8, 4) is 0 Å². The van der Waals surface area contributed by atoms with Gasteiger partial charge in [0.25, 0.3) is 0 Å². The van der Waals surface area contributed by atoms with E-state index in [0.29, 0.717) is 11.3 Å². The summed E-state index contributed by atoms with van der Waals surface area (Å²) in [5.41, 5.74) is -3.49. The Morgan fingerprint density at radius 1 is 0.870 bits per heavy atom. The Morgan fingerprint density at radius 3 is 1.43 bits per heavy atom. The third-order valence-electron chi connectivity index (χ3n) is 2.84.